The van der Waals surface area contributed by atoms with Gasteiger partial charge in [-0.15, -0.1) is 0 Å². The Morgan fingerprint density at radius 3 is 2.18 bits per heavy atom. The molecule has 0 bridgehead atoms. The number of hydrogen-bond acceptors (Lipinski definition) is 4. The monoisotopic (exact) mass is 466 g/mol. The van der Waals surface area contributed by atoms with Crippen LogP contribution in [-0.2, 0) is 29.2 Å². The first-order chi connectivity index (χ1) is 15.8. The van der Waals surface area contributed by atoms with Gasteiger partial charge in [0.25, 0.3) is 5.91 Å². The summed E-state index contributed by atoms with van der Waals surface area (Å²) in [4.78, 5) is 29.5. The largest absolute Gasteiger partial charge is 0.441 e. The molecular formula is C27H38N4O3. The smallest absolute Gasteiger partial charge is 0.410 e. The normalized spacial score (nSPS) is 18.5. The molecule has 0 aliphatic carbocycles. The van der Waals surface area contributed by atoms with Crippen LogP contribution in [0.15, 0.2) is 30.3 Å². The number of ether oxygens (including phenoxy) is 1. The van der Waals surface area contributed by atoms with E-state index in [1.165, 1.54) is 5.56 Å². The van der Waals surface area contributed by atoms with Crippen molar-refractivity contribution >= 4 is 12.0 Å². The van der Waals surface area contributed by atoms with Gasteiger partial charge in [-0.05, 0) is 22.6 Å². The molecule has 2 saturated heterocycles. The lowest BCUT2D eigenvalue weighted by Crippen LogP contribution is -2.49. The molecule has 2 aliphatic heterocycles. The average molecular weight is 467 g/mol. The first-order valence-corrected chi connectivity index (χ1v) is 12.2. The van der Waals surface area contributed by atoms with Crippen molar-refractivity contribution in [3.05, 3.63) is 52.8 Å². The summed E-state index contributed by atoms with van der Waals surface area (Å²) in [6.45, 7) is 15.1. The summed E-state index contributed by atoms with van der Waals surface area (Å²) < 4.78 is 7.57. The molecule has 7 nitrogen and oxygen atoms in total. The van der Waals surface area contributed by atoms with Crippen LogP contribution < -0.4 is 0 Å². The second-order valence-electron chi connectivity index (χ2n) is 11.9. The first kappa shape index (κ1) is 24.3. The Labute approximate surface area is 203 Å². The number of piperidine rings is 1. The van der Waals surface area contributed by atoms with Gasteiger partial charge in [-0.2, -0.15) is 5.10 Å². The SMILES string of the molecule is Cn1nc(C(C)(C)C)cc1C(=O)N1CCC2(CC1)CN(Cc1ccc(C(C)(C)C)cc1)C(=O)O2. The third-order valence-electron chi connectivity index (χ3n) is 7.06. The molecule has 2 fully saturated rings. The number of likely N-dealkylation sites (tertiary alicyclic amines) is 1. The van der Waals surface area contributed by atoms with Crippen LogP contribution in [0, 0.1) is 0 Å². The number of rotatable bonds is 3. The lowest BCUT2D eigenvalue weighted by atomic mass is 9.86. The number of carbonyl (C=O) groups excluding carboxylic acids is 2. The van der Waals surface area contributed by atoms with Crippen LogP contribution in [0.1, 0.15) is 81.7 Å². The highest BCUT2D eigenvalue weighted by atomic mass is 16.6. The second-order valence-corrected chi connectivity index (χ2v) is 11.9. The van der Waals surface area contributed by atoms with Crippen molar-refractivity contribution in [2.45, 2.75) is 77.4 Å². The van der Waals surface area contributed by atoms with Gasteiger partial charge in [-0.1, -0.05) is 65.8 Å². The van der Waals surface area contributed by atoms with Gasteiger partial charge < -0.3 is 9.64 Å². The van der Waals surface area contributed by atoms with Gasteiger partial charge in [-0.3, -0.25) is 14.4 Å². The molecule has 1 aromatic carbocycles. The van der Waals surface area contributed by atoms with E-state index in [4.69, 9.17) is 4.74 Å². The van der Waals surface area contributed by atoms with Crippen molar-refractivity contribution in [1.29, 1.82) is 0 Å². The summed E-state index contributed by atoms with van der Waals surface area (Å²) in [5.41, 5.74) is 3.35. The lowest BCUT2D eigenvalue weighted by Gasteiger charge is -2.37. The van der Waals surface area contributed by atoms with Crippen LogP contribution in [-0.4, -0.2) is 56.8 Å². The summed E-state index contributed by atoms with van der Waals surface area (Å²) >= 11 is 0. The average Bonchev–Trinajstić information content (AvgIpc) is 3.28. The zero-order valence-corrected chi connectivity index (χ0v) is 21.6. The Kier molecular flexibility index (Phi) is 6.03. The van der Waals surface area contributed by atoms with E-state index in [1.807, 2.05) is 18.0 Å². The standard InChI is InChI=1S/C27H38N4O3/c1-25(2,3)20-10-8-19(9-11-20)17-31-18-27(34-24(31)33)12-14-30(15-13-27)23(32)21-16-22(26(4,5)6)28-29(21)7/h8-11,16H,12-15,17-18H2,1-7H3. The minimum atomic E-state index is -0.512. The van der Waals surface area contributed by atoms with Crippen LogP contribution in [0.4, 0.5) is 4.79 Å². The predicted molar refractivity (Wildman–Crippen MR) is 132 cm³/mol. The van der Waals surface area contributed by atoms with Gasteiger partial charge in [0.2, 0.25) is 0 Å². The molecule has 184 valence electrons. The highest BCUT2D eigenvalue weighted by molar-refractivity contribution is 5.93. The first-order valence-electron chi connectivity index (χ1n) is 12.2. The van der Waals surface area contributed by atoms with Crippen molar-refractivity contribution in [3.8, 4) is 0 Å². The van der Waals surface area contributed by atoms with E-state index in [0.717, 1.165) is 11.3 Å². The molecule has 1 spiro atoms. The fourth-order valence-electron chi connectivity index (χ4n) is 4.72. The maximum absolute atomic E-state index is 13.2. The quantitative estimate of drug-likeness (QED) is 0.661. The maximum atomic E-state index is 13.2. The lowest BCUT2D eigenvalue weighted by molar-refractivity contribution is 0.00283. The van der Waals surface area contributed by atoms with Crippen molar-refractivity contribution < 1.29 is 14.3 Å². The zero-order chi connectivity index (χ0) is 24.9. The van der Waals surface area contributed by atoms with Crippen molar-refractivity contribution in [3.63, 3.8) is 0 Å². The molecule has 1 aromatic heterocycles. The number of carbonyl (C=O) groups is 2. The Hall–Kier alpha value is -2.83. The number of benzene rings is 1. The highest BCUT2D eigenvalue weighted by Gasteiger charge is 2.47. The number of hydrogen-bond donors (Lipinski definition) is 0. The molecule has 3 heterocycles. The molecule has 2 aliphatic rings. The fourth-order valence-corrected chi connectivity index (χ4v) is 4.72. The topological polar surface area (TPSA) is 67.7 Å². The molecule has 34 heavy (non-hydrogen) atoms. The predicted octanol–water partition coefficient (Wildman–Crippen LogP) is 4.64. The van der Waals surface area contributed by atoms with Crippen LogP contribution in [0.3, 0.4) is 0 Å². The van der Waals surface area contributed by atoms with Gasteiger partial charge >= 0.3 is 6.09 Å². The third kappa shape index (κ3) is 4.84. The van der Waals surface area contributed by atoms with Crippen LogP contribution >= 0.6 is 0 Å². The Bertz CT molecular complexity index is 1060. The molecule has 0 radical (unpaired) electrons. The van der Waals surface area contributed by atoms with Gasteiger partial charge in [-0.25, -0.2) is 4.79 Å². The molecule has 7 heteroatoms. The van der Waals surface area contributed by atoms with E-state index in [9.17, 15) is 9.59 Å². The van der Waals surface area contributed by atoms with Crippen molar-refractivity contribution in [2.24, 2.45) is 7.05 Å². The van der Waals surface area contributed by atoms with Crippen LogP contribution in [0.25, 0.3) is 0 Å². The van der Waals surface area contributed by atoms with E-state index in [1.54, 1.807) is 9.58 Å². The molecule has 2 amide bonds. The summed E-state index contributed by atoms with van der Waals surface area (Å²) in [7, 11) is 1.82. The van der Waals surface area contributed by atoms with Crippen LogP contribution in [0.2, 0.25) is 0 Å². The minimum absolute atomic E-state index is 0.0135. The van der Waals surface area contributed by atoms with Gasteiger partial charge in [0.1, 0.15) is 11.3 Å². The van der Waals surface area contributed by atoms with E-state index >= 15 is 0 Å². The van der Waals surface area contributed by atoms with Crippen molar-refractivity contribution in [2.75, 3.05) is 19.6 Å². The summed E-state index contributed by atoms with van der Waals surface area (Å²) in [5, 5.41) is 4.54. The van der Waals surface area contributed by atoms with E-state index < -0.39 is 5.60 Å². The molecule has 0 unspecified atom stereocenters. The minimum Gasteiger partial charge on any atom is -0.441 e. The number of nitrogens with zero attached hydrogens (tertiary/aromatic N) is 4. The van der Waals surface area contributed by atoms with Crippen LogP contribution in [0.5, 0.6) is 0 Å². The third-order valence-corrected chi connectivity index (χ3v) is 7.06. The maximum Gasteiger partial charge on any atom is 0.410 e. The molecular weight excluding hydrogens is 428 g/mol. The highest BCUT2D eigenvalue weighted by Crippen LogP contribution is 2.35. The van der Waals surface area contributed by atoms with Crippen molar-refractivity contribution in [1.82, 2.24) is 19.6 Å². The fraction of sp³-hybridized carbons (Fsp3) is 0.593. The van der Waals surface area contributed by atoms with E-state index in [-0.39, 0.29) is 22.8 Å². The molecule has 0 saturated carbocycles. The summed E-state index contributed by atoms with van der Waals surface area (Å²) in [6, 6.07) is 10.4. The summed E-state index contributed by atoms with van der Waals surface area (Å²) in [5.74, 6) is -0.0135. The molecule has 0 atom stereocenters. The van der Waals surface area contributed by atoms with E-state index in [0.29, 0.717) is 44.7 Å². The van der Waals surface area contributed by atoms with Gasteiger partial charge in [0, 0.05) is 44.9 Å². The zero-order valence-electron chi connectivity index (χ0n) is 21.6. The Morgan fingerprint density at radius 2 is 1.65 bits per heavy atom. The number of amides is 2. The Balaban J connectivity index is 1.37. The van der Waals surface area contributed by atoms with Gasteiger partial charge in [0.05, 0.1) is 12.2 Å². The summed E-state index contributed by atoms with van der Waals surface area (Å²) in [6.07, 6.45) is 1.03. The second kappa shape index (κ2) is 8.43. The van der Waals surface area contributed by atoms with E-state index in [2.05, 4.69) is 70.9 Å². The molecule has 4 rings (SSSR count). The van der Waals surface area contributed by atoms with Gasteiger partial charge in [0.15, 0.2) is 0 Å². The number of aromatic nitrogens is 2. The molecule has 2 aromatic rings. The Morgan fingerprint density at radius 1 is 1.03 bits per heavy atom. The molecule has 0 N–H and O–H groups in total. The number of aryl methyl sites for hydroxylation is 1.